The molecule has 186 valence electrons. The van der Waals surface area contributed by atoms with Gasteiger partial charge in [-0.25, -0.2) is 0 Å². The van der Waals surface area contributed by atoms with E-state index in [1.165, 1.54) is 6.92 Å². The summed E-state index contributed by atoms with van der Waals surface area (Å²) in [4.78, 5) is 39.6. The Balaban J connectivity index is 1.66. The van der Waals surface area contributed by atoms with Gasteiger partial charge in [0.25, 0.3) is 0 Å². The van der Waals surface area contributed by atoms with Gasteiger partial charge >= 0.3 is 0 Å². The van der Waals surface area contributed by atoms with Crippen LogP contribution in [0.15, 0.2) is 60.7 Å². The molecule has 1 aliphatic heterocycles. The van der Waals surface area contributed by atoms with E-state index in [4.69, 9.17) is 0 Å². The highest BCUT2D eigenvalue weighted by atomic mass is 16.2. The molecule has 0 unspecified atom stereocenters. The zero-order valence-corrected chi connectivity index (χ0v) is 21.0. The van der Waals surface area contributed by atoms with E-state index in [1.807, 2.05) is 35.2 Å². The molecule has 1 heterocycles. The lowest BCUT2D eigenvalue weighted by atomic mass is 9.95. The van der Waals surface area contributed by atoms with E-state index in [2.05, 4.69) is 36.6 Å². The van der Waals surface area contributed by atoms with Gasteiger partial charge in [-0.15, -0.1) is 0 Å². The minimum atomic E-state index is -0.317. The smallest absolute Gasteiger partial charge is 0.237 e. The number of nitrogens with one attached hydrogen (secondary N) is 2. The van der Waals surface area contributed by atoms with Crippen molar-refractivity contribution in [2.75, 3.05) is 18.4 Å². The van der Waals surface area contributed by atoms with Crippen LogP contribution in [0.5, 0.6) is 0 Å². The number of benzene rings is 2. The van der Waals surface area contributed by atoms with Crippen LogP contribution in [0.1, 0.15) is 62.4 Å². The van der Waals surface area contributed by atoms with Crippen LogP contribution in [0.3, 0.4) is 0 Å². The van der Waals surface area contributed by atoms with Crippen LogP contribution in [-0.2, 0) is 9.59 Å². The molecule has 6 nitrogen and oxygen atoms in total. The molecule has 0 saturated carbocycles. The summed E-state index contributed by atoms with van der Waals surface area (Å²) < 4.78 is 0. The van der Waals surface area contributed by atoms with Crippen molar-refractivity contribution in [1.29, 1.82) is 0 Å². The highest BCUT2D eigenvalue weighted by molar-refractivity contribution is 5.98. The average molecular weight is 476 g/mol. The van der Waals surface area contributed by atoms with Gasteiger partial charge in [-0.1, -0.05) is 69.2 Å². The average Bonchev–Trinajstić information content (AvgIpc) is 2.87. The number of hydrogen-bond donors (Lipinski definition) is 2. The molecule has 0 aliphatic carbocycles. The van der Waals surface area contributed by atoms with Crippen LogP contribution >= 0.6 is 0 Å². The van der Waals surface area contributed by atoms with Crippen LogP contribution in [0.25, 0.3) is 6.08 Å². The second kappa shape index (κ2) is 13.0. The van der Waals surface area contributed by atoms with Crippen molar-refractivity contribution in [2.45, 2.75) is 58.5 Å². The molecule has 0 bridgehead atoms. The standard InChI is InChI=1S/C29H37N3O3/c1-4-21(2)26(18-13-23-10-6-5-7-11-23)31-29(35)27-12-8-9-19-32(27)20-28(34)24-14-16-25(17-15-24)30-22(3)33/h5-7,10-11,13-18,21,26-27H,4,8-9,12,19-20H2,1-3H3,(H,30,33)(H,31,35)/b18-13+/t21-,26+,27-/m0/s1. The van der Waals surface area contributed by atoms with Crippen LogP contribution < -0.4 is 10.6 Å². The summed E-state index contributed by atoms with van der Waals surface area (Å²) in [5.74, 6) is 0.100. The van der Waals surface area contributed by atoms with E-state index >= 15 is 0 Å². The molecule has 0 spiro atoms. The summed E-state index contributed by atoms with van der Waals surface area (Å²) in [5, 5.41) is 5.97. The molecule has 1 fully saturated rings. The highest BCUT2D eigenvalue weighted by Gasteiger charge is 2.31. The van der Waals surface area contributed by atoms with Crippen LogP contribution in [-0.4, -0.2) is 47.7 Å². The molecule has 6 heteroatoms. The zero-order chi connectivity index (χ0) is 25.2. The number of piperidine rings is 1. The second-order valence-corrected chi connectivity index (χ2v) is 9.35. The van der Waals surface area contributed by atoms with E-state index in [-0.39, 0.29) is 36.2 Å². The molecule has 3 rings (SSSR count). The summed E-state index contributed by atoms with van der Waals surface area (Å²) in [6.07, 6.45) is 7.78. The lowest BCUT2D eigenvalue weighted by Crippen LogP contribution is -2.53. The molecule has 1 saturated heterocycles. The fraction of sp³-hybridized carbons (Fsp3) is 0.414. The van der Waals surface area contributed by atoms with Gasteiger partial charge in [-0.3, -0.25) is 19.3 Å². The lowest BCUT2D eigenvalue weighted by molar-refractivity contribution is -0.128. The van der Waals surface area contributed by atoms with Gasteiger partial charge in [-0.05, 0) is 55.1 Å². The maximum absolute atomic E-state index is 13.4. The maximum atomic E-state index is 13.4. The van der Waals surface area contributed by atoms with E-state index in [0.29, 0.717) is 17.2 Å². The molecule has 3 atom stereocenters. The third-order valence-corrected chi connectivity index (χ3v) is 6.65. The van der Waals surface area contributed by atoms with Crippen LogP contribution in [0.2, 0.25) is 0 Å². The third-order valence-electron chi connectivity index (χ3n) is 6.65. The van der Waals surface area contributed by atoms with Gasteiger partial charge in [0, 0.05) is 18.2 Å². The number of carbonyl (C=O) groups is 3. The summed E-state index contributed by atoms with van der Waals surface area (Å²) in [5.41, 5.74) is 2.33. The number of likely N-dealkylation sites (tertiary alicyclic amines) is 1. The first-order chi connectivity index (χ1) is 16.9. The quantitative estimate of drug-likeness (QED) is 0.478. The first-order valence-electron chi connectivity index (χ1n) is 12.6. The normalized spacial score (nSPS) is 18.1. The number of Topliss-reactive ketones (excluding diaryl/α,β-unsaturated/α-hetero) is 1. The second-order valence-electron chi connectivity index (χ2n) is 9.35. The summed E-state index contributed by atoms with van der Waals surface area (Å²) in [7, 11) is 0. The minimum absolute atomic E-state index is 0.0125. The monoisotopic (exact) mass is 475 g/mol. The molecular weight excluding hydrogens is 438 g/mol. The summed E-state index contributed by atoms with van der Waals surface area (Å²) in [6, 6.07) is 16.6. The lowest BCUT2D eigenvalue weighted by Gasteiger charge is -2.35. The number of rotatable bonds is 10. The SMILES string of the molecule is CC[C@H](C)[C@@H](/C=C/c1ccccc1)NC(=O)[C@@H]1CCCCN1CC(=O)c1ccc(NC(C)=O)cc1. The third kappa shape index (κ3) is 7.89. The van der Waals surface area contributed by atoms with Crippen molar-refractivity contribution < 1.29 is 14.4 Å². The Labute approximate surface area is 208 Å². The number of ketones is 1. The van der Waals surface area contributed by atoms with E-state index < -0.39 is 0 Å². The van der Waals surface area contributed by atoms with E-state index in [9.17, 15) is 14.4 Å². The number of hydrogen-bond acceptors (Lipinski definition) is 4. The molecule has 0 aromatic heterocycles. The van der Waals surface area contributed by atoms with E-state index in [0.717, 1.165) is 37.8 Å². The number of carbonyl (C=O) groups excluding carboxylic acids is 3. The van der Waals surface area contributed by atoms with Gasteiger partial charge in [0.2, 0.25) is 11.8 Å². The highest BCUT2D eigenvalue weighted by Crippen LogP contribution is 2.20. The van der Waals surface area contributed by atoms with Gasteiger partial charge in [-0.2, -0.15) is 0 Å². The Bertz CT molecular complexity index is 1020. The predicted octanol–water partition coefficient (Wildman–Crippen LogP) is 4.93. The van der Waals surface area contributed by atoms with Gasteiger partial charge in [0.1, 0.15) is 0 Å². The van der Waals surface area contributed by atoms with Crippen molar-refractivity contribution in [3.8, 4) is 0 Å². The number of anilines is 1. The van der Waals surface area contributed by atoms with Gasteiger partial charge in [0.15, 0.2) is 5.78 Å². The van der Waals surface area contributed by atoms with E-state index in [1.54, 1.807) is 24.3 Å². The van der Waals surface area contributed by atoms with Gasteiger partial charge in [0.05, 0.1) is 18.6 Å². The van der Waals surface area contributed by atoms with Crippen molar-refractivity contribution in [3.63, 3.8) is 0 Å². The van der Waals surface area contributed by atoms with Crippen LogP contribution in [0.4, 0.5) is 5.69 Å². The number of nitrogens with zero attached hydrogens (tertiary/aromatic N) is 1. The largest absolute Gasteiger partial charge is 0.348 e. The Morgan fingerprint density at radius 2 is 1.77 bits per heavy atom. The first kappa shape index (κ1) is 26.4. The van der Waals surface area contributed by atoms with Crippen molar-refractivity contribution in [3.05, 3.63) is 71.8 Å². The number of amides is 2. The summed E-state index contributed by atoms with van der Waals surface area (Å²) in [6.45, 7) is 6.65. The fourth-order valence-corrected chi connectivity index (χ4v) is 4.37. The van der Waals surface area contributed by atoms with Crippen LogP contribution in [0, 0.1) is 5.92 Å². The molecule has 0 radical (unpaired) electrons. The first-order valence-corrected chi connectivity index (χ1v) is 12.6. The molecule has 2 aromatic carbocycles. The fourth-order valence-electron chi connectivity index (χ4n) is 4.37. The van der Waals surface area contributed by atoms with Crippen molar-refractivity contribution in [1.82, 2.24) is 10.2 Å². The zero-order valence-electron chi connectivity index (χ0n) is 21.0. The molecule has 35 heavy (non-hydrogen) atoms. The molecule has 2 aromatic rings. The van der Waals surface area contributed by atoms with Crippen molar-refractivity contribution >= 4 is 29.4 Å². The Morgan fingerprint density at radius 1 is 1.06 bits per heavy atom. The Morgan fingerprint density at radius 3 is 2.43 bits per heavy atom. The minimum Gasteiger partial charge on any atom is -0.348 e. The van der Waals surface area contributed by atoms with Gasteiger partial charge < -0.3 is 10.6 Å². The topological polar surface area (TPSA) is 78.5 Å². The predicted molar refractivity (Wildman–Crippen MR) is 141 cm³/mol. The van der Waals surface area contributed by atoms with Crippen molar-refractivity contribution in [2.24, 2.45) is 5.92 Å². The molecule has 2 amide bonds. The Kier molecular flexibility index (Phi) is 9.79. The molecule has 1 aliphatic rings. The molecular formula is C29H37N3O3. The molecule has 2 N–H and O–H groups in total. The maximum Gasteiger partial charge on any atom is 0.237 e. The Hall–Kier alpha value is -3.25. The summed E-state index contributed by atoms with van der Waals surface area (Å²) >= 11 is 0.